The highest BCUT2D eigenvalue weighted by atomic mass is 32.1. The summed E-state index contributed by atoms with van der Waals surface area (Å²) in [6.45, 7) is 7.05. The molecule has 0 nitrogen and oxygen atoms in total. The SMILES string of the molecule is CC(C)(C)CCCCCCCCCCCCCCS. The zero-order valence-electron chi connectivity index (χ0n) is 13.8. The summed E-state index contributed by atoms with van der Waals surface area (Å²) in [5, 5.41) is 0. The molecule has 0 aromatic carbocycles. The van der Waals surface area contributed by atoms with Crippen molar-refractivity contribution in [2.75, 3.05) is 5.75 Å². The van der Waals surface area contributed by atoms with Gasteiger partial charge in [0.25, 0.3) is 0 Å². The Labute approximate surface area is 128 Å². The molecule has 0 radical (unpaired) electrons. The molecule has 0 aliphatic heterocycles. The van der Waals surface area contributed by atoms with Gasteiger partial charge in [-0.05, 0) is 24.0 Å². The summed E-state index contributed by atoms with van der Waals surface area (Å²) in [6.07, 6.45) is 18.6. The Bertz CT molecular complexity index is 169. The maximum Gasteiger partial charge on any atom is -0.00979 e. The molecule has 0 aromatic rings. The lowest BCUT2D eigenvalue weighted by Crippen LogP contribution is -2.03. The van der Waals surface area contributed by atoms with Crippen molar-refractivity contribution in [3.05, 3.63) is 0 Å². The molecule has 0 saturated carbocycles. The van der Waals surface area contributed by atoms with E-state index in [0.717, 1.165) is 5.75 Å². The van der Waals surface area contributed by atoms with Gasteiger partial charge in [-0.1, -0.05) is 91.4 Å². The molecule has 0 bridgehead atoms. The van der Waals surface area contributed by atoms with Gasteiger partial charge in [-0.2, -0.15) is 12.6 Å². The molecule has 19 heavy (non-hydrogen) atoms. The van der Waals surface area contributed by atoms with Crippen LogP contribution in [0.1, 0.15) is 104 Å². The predicted molar refractivity (Wildman–Crippen MR) is 93.3 cm³/mol. The molecule has 0 aliphatic carbocycles. The van der Waals surface area contributed by atoms with E-state index in [1.165, 1.54) is 83.5 Å². The number of unbranched alkanes of at least 4 members (excludes halogenated alkanes) is 11. The quantitative estimate of drug-likeness (QED) is 0.272. The minimum atomic E-state index is 0.535. The van der Waals surface area contributed by atoms with Gasteiger partial charge in [0.15, 0.2) is 0 Å². The van der Waals surface area contributed by atoms with Crippen molar-refractivity contribution in [3.63, 3.8) is 0 Å². The van der Waals surface area contributed by atoms with Crippen LogP contribution < -0.4 is 0 Å². The number of hydrogen-bond donors (Lipinski definition) is 1. The van der Waals surface area contributed by atoms with Gasteiger partial charge >= 0.3 is 0 Å². The maximum atomic E-state index is 4.24. The normalized spacial score (nSPS) is 12.0. The summed E-state index contributed by atoms with van der Waals surface area (Å²) in [7, 11) is 0. The molecule has 0 amide bonds. The van der Waals surface area contributed by atoms with Crippen LogP contribution in [0.5, 0.6) is 0 Å². The highest BCUT2D eigenvalue weighted by Gasteiger charge is 2.08. The average molecular weight is 287 g/mol. The van der Waals surface area contributed by atoms with E-state index in [9.17, 15) is 0 Å². The highest BCUT2D eigenvalue weighted by Crippen LogP contribution is 2.22. The van der Waals surface area contributed by atoms with Gasteiger partial charge in [-0.25, -0.2) is 0 Å². The zero-order valence-corrected chi connectivity index (χ0v) is 14.7. The van der Waals surface area contributed by atoms with Crippen molar-refractivity contribution in [1.82, 2.24) is 0 Å². The molecule has 0 aliphatic rings. The fourth-order valence-electron chi connectivity index (χ4n) is 2.53. The fraction of sp³-hybridized carbons (Fsp3) is 1.00. The van der Waals surface area contributed by atoms with Crippen molar-refractivity contribution >= 4 is 12.6 Å². The second kappa shape index (κ2) is 13.3. The van der Waals surface area contributed by atoms with E-state index in [2.05, 4.69) is 33.4 Å². The van der Waals surface area contributed by atoms with Gasteiger partial charge in [0.2, 0.25) is 0 Å². The minimum absolute atomic E-state index is 0.535. The van der Waals surface area contributed by atoms with E-state index in [1.54, 1.807) is 0 Å². The molecule has 0 atom stereocenters. The van der Waals surface area contributed by atoms with Crippen LogP contribution in [0.25, 0.3) is 0 Å². The van der Waals surface area contributed by atoms with E-state index in [4.69, 9.17) is 0 Å². The van der Waals surface area contributed by atoms with Crippen LogP contribution in [-0.4, -0.2) is 5.75 Å². The minimum Gasteiger partial charge on any atom is -0.179 e. The molecule has 0 N–H and O–H groups in total. The van der Waals surface area contributed by atoms with Gasteiger partial charge in [0, 0.05) is 0 Å². The molecule has 1 heteroatoms. The monoisotopic (exact) mass is 286 g/mol. The Morgan fingerprint density at radius 3 is 1.16 bits per heavy atom. The molecular formula is C18H38S. The Hall–Kier alpha value is 0.350. The summed E-state index contributed by atoms with van der Waals surface area (Å²) in [4.78, 5) is 0. The third-order valence-electron chi connectivity index (χ3n) is 3.83. The molecule has 0 heterocycles. The van der Waals surface area contributed by atoms with Gasteiger partial charge in [-0.15, -0.1) is 0 Å². The van der Waals surface area contributed by atoms with Crippen LogP contribution in [0.15, 0.2) is 0 Å². The van der Waals surface area contributed by atoms with Crippen LogP contribution in [0.2, 0.25) is 0 Å². The Morgan fingerprint density at radius 1 is 0.526 bits per heavy atom. The third-order valence-corrected chi connectivity index (χ3v) is 4.15. The lowest BCUT2D eigenvalue weighted by molar-refractivity contribution is 0.356. The van der Waals surface area contributed by atoms with Crippen molar-refractivity contribution < 1.29 is 0 Å². The molecule has 0 saturated heterocycles. The van der Waals surface area contributed by atoms with E-state index in [-0.39, 0.29) is 0 Å². The van der Waals surface area contributed by atoms with Gasteiger partial charge < -0.3 is 0 Å². The van der Waals surface area contributed by atoms with Crippen molar-refractivity contribution in [1.29, 1.82) is 0 Å². The lowest BCUT2D eigenvalue weighted by atomic mass is 9.89. The van der Waals surface area contributed by atoms with E-state index < -0.39 is 0 Å². The summed E-state index contributed by atoms with van der Waals surface area (Å²) in [5.74, 6) is 1.06. The largest absolute Gasteiger partial charge is 0.179 e. The van der Waals surface area contributed by atoms with Crippen LogP contribution >= 0.6 is 12.6 Å². The summed E-state index contributed by atoms with van der Waals surface area (Å²) in [5.41, 5.74) is 0.535. The molecule has 0 fully saturated rings. The van der Waals surface area contributed by atoms with E-state index in [0.29, 0.717) is 5.41 Å². The summed E-state index contributed by atoms with van der Waals surface area (Å²) >= 11 is 4.24. The summed E-state index contributed by atoms with van der Waals surface area (Å²) < 4.78 is 0. The fourth-order valence-corrected chi connectivity index (χ4v) is 2.76. The standard InChI is InChI=1S/C18H38S/c1-18(2,3)16-14-12-10-8-6-4-5-7-9-11-13-15-17-19/h19H,4-17H2,1-3H3. The van der Waals surface area contributed by atoms with Crippen molar-refractivity contribution in [2.45, 2.75) is 104 Å². The Morgan fingerprint density at radius 2 is 0.842 bits per heavy atom. The second-order valence-electron chi connectivity index (χ2n) is 7.28. The van der Waals surface area contributed by atoms with Crippen LogP contribution in [0.3, 0.4) is 0 Å². The first kappa shape index (κ1) is 19.4. The molecular weight excluding hydrogens is 248 g/mol. The topological polar surface area (TPSA) is 0 Å². The van der Waals surface area contributed by atoms with Crippen LogP contribution in [0.4, 0.5) is 0 Å². The van der Waals surface area contributed by atoms with Crippen molar-refractivity contribution in [3.8, 4) is 0 Å². The van der Waals surface area contributed by atoms with Gasteiger partial charge in [-0.3, -0.25) is 0 Å². The van der Waals surface area contributed by atoms with E-state index >= 15 is 0 Å². The number of hydrogen-bond acceptors (Lipinski definition) is 1. The Balaban J connectivity index is 2.99. The Kier molecular flexibility index (Phi) is 13.6. The molecule has 116 valence electrons. The molecule has 0 aromatic heterocycles. The van der Waals surface area contributed by atoms with E-state index in [1.807, 2.05) is 0 Å². The number of thiol groups is 1. The highest BCUT2D eigenvalue weighted by molar-refractivity contribution is 7.80. The first-order valence-corrected chi connectivity index (χ1v) is 9.30. The third kappa shape index (κ3) is 18.4. The van der Waals surface area contributed by atoms with Crippen LogP contribution in [-0.2, 0) is 0 Å². The first-order valence-electron chi connectivity index (χ1n) is 8.67. The predicted octanol–water partition coefficient (Wildman–Crippen LogP) is 7.03. The average Bonchev–Trinajstić information content (AvgIpc) is 2.34. The van der Waals surface area contributed by atoms with Crippen molar-refractivity contribution in [2.24, 2.45) is 5.41 Å². The van der Waals surface area contributed by atoms with Gasteiger partial charge in [0.1, 0.15) is 0 Å². The van der Waals surface area contributed by atoms with Gasteiger partial charge in [0.05, 0.1) is 0 Å². The molecule has 0 rings (SSSR count). The van der Waals surface area contributed by atoms with Crippen LogP contribution in [0, 0.1) is 5.41 Å². The molecule has 0 spiro atoms. The maximum absolute atomic E-state index is 4.24. The molecule has 0 unspecified atom stereocenters. The summed E-state index contributed by atoms with van der Waals surface area (Å²) in [6, 6.07) is 0. The smallest absolute Gasteiger partial charge is 0.00979 e. The second-order valence-corrected chi connectivity index (χ2v) is 7.72. The number of rotatable bonds is 13. The lowest BCUT2D eigenvalue weighted by Gasteiger charge is -2.17. The first-order chi connectivity index (χ1) is 9.06. The zero-order chi connectivity index (χ0) is 14.4.